The fourth-order valence-corrected chi connectivity index (χ4v) is 1.73. The highest BCUT2D eigenvalue weighted by Crippen LogP contribution is 2.32. The van der Waals surface area contributed by atoms with Crippen LogP contribution in [-0.2, 0) is 4.79 Å². The highest BCUT2D eigenvalue weighted by atomic mass is 19.1. The van der Waals surface area contributed by atoms with Crippen LogP contribution in [0.2, 0.25) is 0 Å². The summed E-state index contributed by atoms with van der Waals surface area (Å²) >= 11 is 0. The second-order valence-corrected chi connectivity index (χ2v) is 4.52. The van der Waals surface area contributed by atoms with Crippen LogP contribution in [0.25, 0.3) is 6.08 Å². The van der Waals surface area contributed by atoms with E-state index in [1.165, 1.54) is 31.1 Å². The van der Waals surface area contributed by atoms with Gasteiger partial charge in [-0.15, -0.1) is 0 Å². The average Bonchev–Trinajstić information content (AvgIpc) is 3.12. The molecule has 1 N–H and O–H groups in total. The van der Waals surface area contributed by atoms with Gasteiger partial charge in [-0.2, -0.15) is 0 Å². The van der Waals surface area contributed by atoms with Gasteiger partial charge >= 0.3 is 0 Å². The lowest BCUT2D eigenvalue weighted by atomic mass is 10.2. The summed E-state index contributed by atoms with van der Waals surface area (Å²) in [6.45, 7) is 2.03. The van der Waals surface area contributed by atoms with Crippen molar-refractivity contribution in [3.05, 3.63) is 41.7 Å². The third-order valence-corrected chi connectivity index (χ3v) is 3.00. The molecule has 0 aromatic heterocycles. The molecule has 3 heteroatoms. The molecule has 2 nitrogen and oxygen atoms in total. The van der Waals surface area contributed by atoms with E-state index in [2.05, 4.69) is 5.32 Å². The Morgan fingerprint density at radius 2 is 2.06 bits per heavy atom. The van der Waals surface area contributed by atoms with Crippen molar-refractivity contribution in [1.82, 2.24) is 5.32 Å². The Labute approximate surface area is 101 Å². The number of rotatable bonds is 4. The monoisotopic (exact) mass is 233 g/mol. The number of hydrogen-bond acceptors (Lipinski definition) is 1. The Kier molecular flexibility index (Phi) is 3.57. The van der Waals surface area contributed by atoms with E-state index < -0.39 is 0 Å². The quantitative estimate of drug-likeness (QED) is 0.796. The number of carbonyl (C=O) groups excluding carboxylic acids is 1. The molecule has 1 fully saturated rings. The van der Waals surface area contributed by atoms with Gasteiger partial charge in [-0.1, -0.05) is 12.1 Å². The van der Waals surface area contributed by atoms with Gasteiger partial charge in [-0.25, -0.2) is 4.39 Å². The molecule has 0 bridgehead atoms. The molecular formula is C14H16FNO. The number of halogens is 1. The van der Waals surface area contributed by atoms with E-state index in [-0.39, 0.29) is 17.8 Å². The van der Waals surface area contributed by atoms with E-state index in [4.69, 9.17) is 0 Å². The van der Waals surface area contributed by atoms with Crippen LogP contribution in [0.4, 0.5) is 4.39 Å². The molecule has 1 amide bonds. The summed E-state index contributed by atoms with van der Waals surface area (Å²) in [6, 6.07) is 6.29. The molecule has 90 valence electrons. The number of hydrogen-bond donors (Lipinski definition) is 1. The van der Waals surface area contributed by atoms with Gasteiger partial charge in [0.15, 0.2) is 0 Å². The van der Waals surface area contributed by atoms with Crippen LogP contribution < -0.4 is 5.32 Å². The van der Waals surface area contributed by atoms with Crippen molar-refractivity contribution < 1.29 is 9.18 Å². The molecule has 2 rings (SSSR count). The molecule has 0 saturated heterocycles. The molecule has 1 saturated carbocycles. The Morgan fingerprint density at radius 1 is 1.41 bits per heavy atom. The Morgan fingerprint density at radius 3 is 2.65 bits per heavy atom. The van der Waals surface area contributed by atoms with E-state index in [0.29, 0.717) is 5.92 Å². The average molecular weight is 233 g/mol. The highest BCUT2D eigenvalue weighted by Gasteiger charge is 2.28. The maximum atomic E-state index is 12.6. The van der Waals surface area contributed by atoms with Crippen LogP contribution in [0.5, 0.6) is 0 Å². The van der Waals surface area contributed by atoms with Crippen molar-refractivity contribution in [3.8, 4) is 0 Å². The zero-order valence-electron chi connectivity index (χ0n) is 9.82. The molecule has 0 radical (unpaired) electrons. The summed E-state index contributed by atoms with van der Waals surface area (Å²) in [5.41, 5.74) is 0.820. The van der Waals surface area contributed by atoms with Crippen molar-refractivity contribution in [2.24, 2.45) is 5.92 Å². The Bertz CT molecular complexity index is 420. The first-order valence-electron chi connectivity index (χ1n) is 5.89. The second kappa shape index (κ2) is 5.13. The topological polar surface area (TPSA) is 29.1 Å². The lowest BCUT2D eigenvalue weighted by molar-refractivity contribution is -0.117. The van der Waals surface area contributed by atoms with Gasteiger partial charge in [-0.05, 0) is 49.5 Å². The SMILES string of the molecule is CC(NC(=O)/C=C/c1ccc(F)cc1)C1CC1. The predicted octanol–water partition coefficient (Wildman–Crippen LogP) is 2.75. The normalized spacial score (nSPS) is 17.1. The summed E-state index contributed by atoms with van der Waals surface area (Å²) in [5.74, 6) is 0.292. The van der Waals surface area contributed by atoms with E-state index >= 15 is 0 Å². The summed E-state index contributed by atoms with van der Waals surface area (Å²) in [5, 5.41) is 2.92. The van der Waals surface area contributed by atoms with Crippen molar-refractivity contribution in [2.45, 2.75) is 25.8 Å². The number of benzene rings is 1. The van der Waals surface area contributed by atoms with Gasteiger partial charge in [-0.3, -0.25) is 4.79 Å². The summed E-state index contributed by atoms with van der Waals surface area (Å²) in [7, 11) is 0. The Hall–Kier alpha value is -1.64. The number of nitrogens with one attached hydrogen (secondary N) is 1. The summed E-state index contributed by atoms with van der Waals surface area (Å²) in [4.78, 5) is 11.6. The van der Waals surface area contributed by atoms with Gasteiger partial charge in [0, 0.05) is 12.1 Å². The lowest BCUT2D eigenvalue weighted by Crippen LogP contribution is -2.32. The van der Waals surface area contributed by atoms with Crippen LogP contribution >= 0.6 is 0 Å². The third-order valence-electron chi connectivity index (χ3n) is 3.00. The Balaban J connectivity index is 1.86. The molecule has 1 aliphatic rings. The molecule has 0 heterocycles. The fourth-order valence-electron chi connectivity index (χ4n) is 1.73. The number of carbonyl (C=O) groups is 1. The molecular weight excluding hydrogens is 217 g/mol. The van der Waals surface area contributed by atoms with E-state index in [1.807, 2.05) is 6.92 Å². The minimum absolute atomic E-state index is 0.0891. The van der Waals surface area contributed by atoms with Crippen LogP contribution in [0.15, 0.2) is 30.3 Å². The first-order valence-corrected chi connectivity index (χ1v) is 5.89. The van der Waals surface area contributed by atoms with Crippen molar-refractivity contribution in [2.75, 3.05) is 0 Å². The third kappa shape index (κ3) is 3.70. The maximum absolute atomic E-state index is 12.6. The minimum atomic E-state index is -0.269. The van der Waals surface area contributed by atoms with Crippen LogP contribution in [-0.4, -0.2) is 11.9 Å². The molecule has 1 aliphatic carbocycles. The highest BCUT2D eigenvalue weighted by molar-refractivity contribution is 5.91. The summed E-state index contributed by atoms with van der Waals surface area (Å²) < 4.78 is 12.6. The van der Waals surface area contributed by atoms with E-state index in [0.717, 1.165) is 5.56 Å². The zero-order chi connectivity index (χ0) is 12.3. The van der Waals surface area contributed by atoms with Gasteiger partial charge in [0.2, 0.25) is 5.91 Å². The van der Waals surface area contributed by atoms with Gasteiger partial charge in [0.1, 0.15) is 5.82 Å². The van der Waals surface area contributed by atoms with Gasteiger partial charge < -0.3 is 5.32 Å². The zero-order valence-corrected chi connectivity index (χ0v) is 9.82. The van der Waals surface area contributed by atoms with Gasteiger partial charge in [0.25, 0.3) is 0 Å². The van der Waals surface area contributed by atoms with Crippen LogP contribution in [0.3, 0.4) is 0 Å². The second-order valence-electron chi connectivity index (χ2n) is 4.52. The van der Waals surface area contributed by atoms with Crippen molar-refractivity contribution in [1.29, 1.82) is 0 Å². The summed E-state index contributed by atoms with van der Waals surface area (Å²) in [6.07, 6.45) is 5.60. The van der Waals surface area contributed by atoms with E-state index in [1.54, 1.807) is 18.2 Å². The molecule has 0 spiro atoms. The molecule has 1 aromatic rings. The first-order chi connectivity index (χ1) is 8.15. The van der Waals surface area contributed by atoms with Crippen LogP contribution in [0, 0.1) is 11.7 Å². The molecule has 17 heavy (non-hydrogen) atoms. The minimum Gasteiger partial charge on any atom is -0.350 e. The molecule has 1 aromatic carbocycles. The van der Waals surface area contributed by atoms with Gasteiger partial charge in [0.05, 0.1) is 0 Å². The molecule has 1 unspecified atom stereocenters. The van der Waals surface area contributed by atoms with Crippen molar-refractivity contribution >= 4 is 12.0 Å². The largest absolute Gasteiger partial charge is 0.350 e. The standard InChI is InChI=1S/C14H16FNO/c1-10(12-5-6-12)16-14(17)9-4-11-2-7-13(15)8-3-11/h2-4,7-10,12H,5-6H2,1H3,(H,16,17)/b9-4+. The maximum Gasteiger partial charge on any atom is 0.244 e. The first kappa shape index (κ1) is 11.8. The number of amides is 1. The predicted molar refractivity (Wildman–Crippen MR) is 65.8 cm³/mol. The van der Waals surface area contributed by atoms with Crippen LogP contribution in [0.1, 0.15) is 25.3 Å². The smallest absolute Gasteiger partial charge is 0.244 e. The molecule has 0 aliphatic heterocycles. The van der Waals surface area contributed by atoms with E-state index in [9.17, 15) is 9.18 Å². The fraction of sp³-hybridized carbons (Fsp3) is 0.357. The molecule has 1 atom stereocenters. The lowest BCUT2D eigenvalue weighted by Gasteiger charge is -2.10. The van der Waals surface area contributed by atoms with Crippen molar-refractivity contribution in [3.63, 3.8) is 0 Å².